The molecule has 0 amide bonds. The molecular weight excluding hydrogens is 238 g/mol. The van der Waals surface area contributed by atoms with Gasteiger partial charge in [0, 0.05) is 26.8 Å². The lowest BCUT2D eigenvalue weighted by Gasteiger charge is -2.01. The lowest BCUT2D eigenvalue weighted by Crippen LogP contribution is -2.22. The van der Waals surface area contributed by atoms with Crippen molar-refractivity contribution in [1.82, 2.24) is 4.57 Å². The third kappa shape index (κ3) is 2.72. The molecule has 6 heteroatoms. The highest BCUT2D eigenvalue weighted by atomic mass is 16.5. The standard InChI is InChI=1S/C10H7NO4.C2H6O/c1-11-8-4-6(5-12)2-3-7(8)9(13)15-10(11)14;1-3-2/h2-5H,1H3;1-2H3. The zero-order valence-corrected chi connectivity index (χ0v) is 10.3. The van der Waals surface area contributed by atoms with Crippen molar-refractivity contribution in [2.45, 2.75) is 0 Å². The van der Waals surface area contributed by atoms with E-state index in [1.807, 2.05) is 0 Å². The van der Waals surface area contributed by atoms with Gasteiger partial charge in [-0.2, -0.15) is 0 Å². The predicted molar refractivity (Wildman–Crippen MR) is 66.0 cm³/mol. The van der Waals surface area contributed by atoms with Crippen LogP contribution in [0.5, 0.6) is 0 Å². The molecule has 0 unspecified atom stereocenters. The number of fused-ring (bicyclic) bond motifs is 1. The Morgan fingerprint density at radius 3 is 2.44 bits per heavy atom. The highest BCUT2D eigenvalue weighted by molar-refractivity contribution is 5.85. The van der Waals surface area contributed by atoms with E-state index in [2.05, 4.69) is 9.15 Å². The van der Waals surface area contributed by atoms with Gasteiger partial charge in [0.1, 0.15) is 6.29 Å². The number of nitrogens with zero attached hydrogens (tertiary/aromatic N) is 1. The number of rotatable bonds is 1. The molecule has 1 heterocycles. The van der Waals surface area contributed by atoms with Gasteiger partial charge in [-0.15, -0.1) is 0 Å². The molecular formula is C12H13NO5. The van der Waals surface area contributed by atoms with E-state index in [1.54, 1.807) is 14.2 Å². The SMILES string of the molecule is COC.Cn1c(=O)oc(=O)c2ccc(C=O)cc21. The van der Waals surface area contributed by atoms with E-state index in [0.717, 1.165) is 0 Å². The number of ether oxygens (including phenoxy) is 1. The summed E-state index contributed by atoms with van der Waals surface area (Å²) in [6, 6.07) is 4.43. The Balaban J connectivity index is 0.000000492. The summed E-state index contributed by atoms with van der Waals surface area (Å²) in [6.45, 7) is 0. The molecule has 0 aliphatic carbocycles. The minimum absolute atomic E-state index is 0.280. The molecule has 1 aromatic carbocycles. The summed E-state index contributed by atoms with van der Waals surface area (Å²) >= 11 is 0. The van der Waals surface area contributed by atoms with Crippen LogP contribution in [-0.4, -0.2) is 25.1 Å². The Hall–Kier alpha value is -2.21. The van der Waals surface area contributed by atoms with Crippen LogP contribution in [0.2, 0.25) is 0 Å². The Morgan fingerprint density at radius 2 is 1.89 bits per heavy atom. The minimum Gasteiger partial charge on any atom is -0.388 e. The van der Waals surface area contributed by atoms with E-state index in [4.69, 9.17) is 0 Å². The van der Waals surface area contributed by atoms with E-state index < -0.39 is 11.4 Å². The molecule has 2 rings (SSSR count). The molecule has 0 saturated heterocycles. The summed E-state index contributed by atoms with van der Waals surface area (Å²) in [7, 11) is 4.72. The summed E-state index contributed by atoms with van der Waals surface area (Å²) in [5.41, 5.74) is 0.106. The van der Waals surface area contributed by atoms with Gasteiger partial charge < -0.3 is 9.15 Å². The number of aromatic nitrogens is 1. The van der Waals surface area contributed by atoms with E-state index >= 15 is 0 Å². The fourth-order valence-electron chi connectivity index (χ4n) is 1.37. The van der Waals surface area contributed by atoms with Crippen molar-refractivity contribution in [3.05, 3.63) is 44.7 Å². The van der Waals surface area contributed by atoms with Gasteiger partial charge in [0.25, 0.3) is 0 Å². The molecule has 0 fully saturated rings. The van der Waals surface area contributed by atoms with Gasteiger partial charge in [-0.1, -0.05) is 6.07 Å². The molecule has 0 N–H and O–H groups in total. The van der Waals surface area contributed by atoms with Crippen molar-refractivity contribution in [1.29, 1.82) is 0 Å². The maximum atomic E-state index is 11.3. The molecule has 0 radical (unpaired) electrons. The van der Waals surface area contributed by atoms with Crippen LogP contribution in [0.3, 0.4) is 0 Å². The molecule has 0 aliphatic heterocycles. The normalized spacial score (nSPS) is 9.72. The molecule has 0 saturated carbocycles. The topological polar surface area (TPSA) is 78.5 Å². The number of benzene rings is 1. The third-order valence-corrected chi connectivity index (χ3v) is 2.19. The van der Waals surface area contributed by atoms with Gasteiger partial charge in [-0.3, -0.25) is 9.36 Å². The van der Waals surface area contributed by atoms with Crippen molar-refractivity contribution in [2.24, 2.45) is 7.05 Å². The van der Waals surface area contributed by atoms with Gasteiger partial charge in [0.2, 0.25) is 0 Å². The number of aldehydes is 1. The molecule has 2 aromatic rings. The van der Waals surface area contributed by atoms with Crippen LogP contribution in [0.4, 0.5) is 0 Å². The Morgan fingerprint density at radius 1 is 1.28 bits per heavy atom. The van der Waals surface area contributed by atoms with Crippen LogP contribution in [0.15, 0.2) is 32.2 Å². The van der Waals surface area contributed by atoms with E-state index in [-0.39, 0.29) is 5.39 Å². The number of methoxy groups -OCH3 is 1. The van der Waals surface area contributed by atoms with Gasteiger partial charge in [0.15, 0.2) is 0 Å². The fraction of sp³-hybridized carbons (Fsp3) is 0.250. The maximum Gasteiger partial charge on any atom is 0.422 e. The third-order valence-electron chi connectivity index (χ3n) is 2.19. The fourth-order valence-corrected chi connectivity index (χ4v) is 1.37. The largest absolute Gasteiger partial charge is 0.422 e. The van der Waals surface area contributed by atoms with Gasteiger partial charge in [-0.05, 0) is 12.1 Å². The first-order valence-electron chi connectivity index (χ1n) is 5.04. The first-order chi connectivity index (χ1) is 8.54. The maximum absolute atomic E-state index is 11.3. The van der Waals surface area contributed by atoms with Crippen molar-refractivity contribution in [3.8, 4) is 0 Å². The van der Waals surface area contributed by atoms with Crippen molar-refractivity contribution in [2.75, 3.05) is 14.2 Å². The first kappa shape index (κ1) is 13.9. The van der Waals surface area contributed by atoms with Crippen LogP contribution in [-0.2, 0) is 11.8 Å². The van der Waals surface area contributed by atoms with Crippen molar-refractivity contribution >= 4 is 17.2 Å². The molecule has 0 spiro atoms. The van der Waals surface area contributed by atoms with Crippen LogP contribution < -0.4 is 11.4 Å². The zero-order chi connectivity index (χ0) is 13.7. The average molecular weight is 251 g/mol. The Kier molecular flexibility index (Phi) is 4.56. The van der Waals surface area contributed by atoms with Gasteiger partial charge in [-0.25, -0.2) is 9.59 Å². The smallest absolute Gasteiger partial charge is 0.388 e. The second-order valence-corrected chi connectivity index (χ2v) is 3.52. The molecule has 1 aromatic heterocycles. The highest BCUT2D eigenvalue weighted by Crippen LogP contribution is 2.08. The minimum atomic E-state index is -0.740. The summed E-state index contributed by atoms with van der Waals surface area (Å²) in [4.78, 5) is 33.0. The van der Waals surface area contributed by atoms with E-state index in [9.17, 15) is 14.4 Å². The Bertz CT molecular complexity index is 668. The van der Waals surface area contributed by atoms with Crippen LogP contribution in [0, 0.1) is 0 Å². The number of aryl methyl sites for hydroxylation is 1. The second kappa shape index (κ2) is 5.92. The molecule has 0 atom stereocenters. The summed E-state index contributed by atoms with van der Waals surface area (Å²) in [5, 5.41) is 0.280. The highest BCUT2D eigenvalue weighted by Gasteiger charge is 2.06. The first-order valence-corrected chi connectivity index (χ1v) is 5.04. The zero-order valence-electron chi connectivity index (χ0n) is 10.3. The molecule has 0 bridgehead atoms. The number of carbonyl (C=O) groups is 1. The van der Waals surface area contributed by atoms with Crippen LogP contribution in [0.25, 0.3) is 10.9 Å². The van der Waals surface area contributed by atoms with Gasteiger partial charge in [0.05, 0.1) is 10.9 Å². The van der Waals surface area contributed by atoms with Crippen molar-refractivity contribution in [3.63, 3.8) is 0 Å². The lowest BCUT2D eigenvalue weighted by atomic mass is 10.2. The monoisotopic (exact) mass is 251 g/mol. The molecule has 96 valence electrons. The number of hydrogen-bond acceptors (Lipinski definition) is 5. The average Bonchev–Trinajstić information content (AvgIpc) is 2.36. The summed E-state index contributed by atoms with van der Waals surface area (Å²) in [6.07, 6.45) is 0.651. The number of hydrogen-bond donors (Lipinski definition) is 0. The lowest BCUT2D eigenvalue weighted by molar-refractivity contribution is 0.112. The molecule has 0 aliphatic rings. The summed E-state index contributed by atoms with van der Waals surface area (Å²) in [5.74, 6) is -0.740. The van der Waals surface area contributed by atoms with E-state index in [0.29, 0.717) is 17.4 Å². The predicted octanol–water partition coefficient (Wildman–Crippen LogP) is 0.567. The number of carbonyl (C=O) groups excluding carboxylic acids is 1. The second-order valence-electron chi connectivity index (χ2n) is 3.52. The van der Waals surface area contributed by atoms with Crippen LogP contribution in [0.1, 0.15) is 10.4 Å². The summed E-state index contributed by atoms with van der Waals surface area (Å²) < 4.78 is 9.89. The van der Waals surface area contributed by atoms with Gasteiger partial charge >= 0.3 is 11.4 Å². The van der Waals surface area contributed by atoms with Crippen molar-refractivity contribution < 1.29 is 13.9 Å². The molecule has 18 heavy (non-hydrogen) atoms. The quantitative estimate of drug-likeness (QED) is 0.692. The van der Waals surface area contributed by atoms with E-state index in [1.165, 1.54) is 29.8 Å². The molecule has 6 nitrogen and oxygen atoms in total. The van der Waals surface area contributed by atoms with Crippen LogP contribution >= 0.6 is 0 Å². The Labute approximate surface area is 102 Å².